The van der Waals surface area contributed by atoms with E-state index < -0.39 is 0 Å². The van der Waals surface area contributed by atoms with Gasteiger partial charge in [-0.1, -0.05) is 13.0 Å². The number of benzene rings is 1. The highest BCUT2D eigenvalue weighted by molar-refractivity contribution is 5.40. The summed E-state index contributed by atoms with van der Waals surface area (Å²) in [5, 5.41) is 0. The molecule has 3 aliphatic carbocycles. The van der Waals surface area contributed by atoms with Crippen molar-refractivity contribution in [1.29, 1.82) is 0 Å². The molecule has 113 valence electrons. The first-order chi connectivity index (χ1) is 10.1. The van der Waals surface area contributed by atoms with Crippen LogP contribution < -0.4 is 10.5 Å². The maximum Gasteiger partial charge on any atom is 0.119 e. The predicted molar refractivity (Wildman–Crippen MR) is 84.5 cm³/mol. The molecule has 1 radical (unpaired) electrons. The SMILES string of the molecule is COc1ccc2c(c1)CC[C@@H]1[C@@H]2CC[C@]2(C)[C@@H]([NH])CC[C@@H]12. The molecule has 0 aromatic heterocycles. The van der Waals surface area contributed by atoms with Gasteiger partial charge in [0.1, 0.15) is 5.75 Å². The molecule has 1 aromatic carbocycles. The summed E-state index contributed by atoms with van der Waals surface area (Å²) >= 11 is 0. The second kappa shape index (κ2) is 4.74. The van der Waals surface area contributed by atoms with Gasteiger partial charge in [-0.2, -0.15) is 0 Å². The van der Waals surface area contributed by atoms with E-state index in [1.807, 2.05) is 0 Å². The van der Waals surface area contributed by atoms with Crippen molar-refractivity contribution in [3.8, 4) is 5.75 Å². The summed E-state index contributed by atoms with van der Waals surface area (Å²) < 4.78 is 5.39. The van der Waals surface area contributed by atoms with Gasteiger partial charge in [-0.05, 0) is 85.0 Å². The number of rotatable bonds is 1. The third kappa shape index (κ3) is 1.88. The summed E-state index contributed by atoms with van der Waals surface area (Å²) in [7, 11) is 1.76. The van der Waals surface area contributed by atoms with Crippen molar-refractivity contribution in [3.05, 3.63) is 29.3 Å². The van der Waals surface area contributed by atoms with Gasteiger partial charge >= 0.3 is 0 Å². The first kappa shape index (κ1) is 13.6. The normalized spacial score (nSPS) is 41.1. The molecular formula is C19H26NO. The second-order valence-electron chi connectivity index (χ2n) is 7.65. The van der Waals surface area contributed by atoms with Crippen LogP contribution in [0.5, 0.6) is 5.75 Å². The standard InChI is InChI=1S/C19H26NO/c1-19-10-9-15-14-6-4-13(21-2)11-12(14)3-5-16(15)17(19)7-8-18(19)20/h4,6,11,15-18,20H,3,5,7-10H2,1-2H3/t15-,16-,17+,18+,19+/m1/s1. The molecule has 0 bridgehead atoms. The highest BCUT2D eigenvalue weighted by Crippen LogP contribution is 2.60. The average molecular weight is 284 g/mol. The van der Waals surface area contributed by atoms with Crippen molar-refractivity contribution >= 4 is 0 Å². The van der Waals surface area contributed by atoms with Crippen LogP contribution in [0.2, 0.25) is 0 Å². The van der Waals surface area contributed by atoms with Crippen LogP contribution in [0.25, 0.3) is 0 Å². The van der Waals surface area contributed by atoms with Gasteiger partial charge in [-0.15, -0.1) is 0 Å². The lowest BCUT2D eigenvalue weighted by Gasteiger charge is -2.50. The van der Waals surface area contributed by atoms with Gasteiger partial charge < -0.3 is 4.74 Å². The molecule has 2 heteroatoms. The van der Waals surface area contributed by atoms with Gasteiger partial charge in [0.2, 0.25) is 0 Å². The number of methoxy groups -OCH3 is 1. The molecular weight excluding hydrogens is 258 g/mol. The Bertz CT molecular complexity index is 554. The van der Waals surface area contributed by atoms with Crippen LogP contribution in [0.15, 0.2) is 18.2 Å². The first-order valence-corrected chi connectivity index (χ1v) is 8.51. The molecule has 1 aromatic rings. The number of hydrogen-bond donors (Lipinski definition) is 0. The van der Waals surface area contributed by atoms with Crippen LogP contribution in [0.3, 0.4) is 0 Å². The van der Waals surface area contributed by atoms with Crippen LogP contribution in [0, 0.1) is 17.3 Å². The Morgan fingerprint density at radius 1 is 1.19 bits per heavy atom. The minimum atomic E-state index is 0.181. The molecule has 21 heavy (non-hydrogen) atoms. The van der Waals surface area contributed by atoms with E-state index in [2.05, 4.69) is 25.1 Å². The Morgan fingerprint density at radius 2 is 2.05 bits per heavy atom. The Morgan fingerprint density at radius 3 is 2.86 bits per heavy atom. The van der Waals surface area contributed by atoms with Gasteiger partial charge in [-0.3, -0.25) is 5.73 Å². The average Bonchev–Trinajstić information content (AvgIpc) is 2.82. The number of hydrogen-bond acceptors (Lipinski definition) is 1. The smallest absolute Gasteiger partial charge is 0.119 e. The minimum absolute atomic E-state index is 0.181. The molecule has 5 atom stereocenters. The first-order valence-electron chi connectivity index (χ1n) is 8.51. The third-order valence-corrected chi connectivity index (χ3v) is 6.93. The Balaban J connectivity index is 1.68. The van der Waals surface area contributed by atoms with Crippen molar-refractivity contribution in [2.24, 2.45) is 17.3 Å². The quantitative estimate of drug-likeness (QED) is 0.760. The molecule has 2 fully saturated rings. The zero-order chi connectivity index (χ0) is 14.6. The molecule has 4 rings (SSSR count). The monoisotopic (exact) mass is 284 g/mol. The lowest BCUT2D eigenvalue weighted by atomic mass is 9.55. The second-order valence-corrected chi connectivity index (χ2v) is 7.65. The van der Waals surface area contributed by atoms with Gasteiger partial charge in [0.15, 0.2) is 0 Å². The zero-order valence-corrected chi connectivity index (χ0v) is 13.2. The summed E-state index contributed by atoms with van der Waals surface area (Å²) in [6, 6.07) is 6.89. The zero-order valence-electron chi connectivity index (χ0n) is 13.2. The Labute approximate surface area is 128 Å². The highest BCUT2D eigenvalue weighted by Gasteiger charge is 2.53. The van der Waals surface area contributed by atoms with E-state index in [9.17, 15) is 0 Å². The summed E-state index contributed by atoms with van der Waals surface area (Å²) in [5.74, 6) is 3.34. The maximum atomic E-state index is 8.44. The van der Waals surface area contributed by atoms with E-state index in [0.717, 1.165) is 29.9 Å². The third-order valence-electron chi connectivity index (χ3n) is 6.93. The number of nitrogens with one attached hydrogen (secondary N) is 1. The lowest BCUT2D eigenvalue weighted by molar-refractivity contribution is 0.0481. The van der Waals surface area contributed by atoms with Crippen LogP contribution in [-0.2, 0) is 6.42 Å². The van der Waals surface area contributed by atoms with Gasteiger partial charge in [0, 0.05) is 6.04 Å². The van der Waals surface area contributed by atoms with Crippen molar-refractivity contribution in [1.82, 2.24) is 5.73 Å². The summed E-state index contributed by atoms with van der Waals surface area (Å²) in [4.78, 5) is 0. The van der Waals surface area contributed by atoms with E-state index >= 15 is 0 Å². The summed E-state index contributed by atoms with van der Waals surface area (Å²) in [6.07, 6.45) is 7.46. The lowest BCUT2D eigenvalue weighted by Crippen LogP contribution is -2.44. The predicted octanol–water partition coefficient (Wildman–Crippen LogP) is 4.20. The fraction of sp³-hybridized carbons (Fsp3) is 0.684. The molecule has 0 unspecified atom stereocenters. The highest BCUT2D eigenvalue weighted by atomic mass is 16.5. The maximum absolute atomic E-state index is 8.44. The van der Waals surface area contributed by atoms with E-state index in [4.69, 9.17) is 10.5 Å². The molecule has 0 heterocycles. The fourth-order valence-electron chi connectivity index (χ4n) is 5.69. The topological polar surface area (TPSA) is 33.0 Å². The van der Waals surface area contributed by atoms with Crippen molar-refractivity contribution in [2.45, 2.75) is 57.4 Å². The molecule has 0 amide bonds. The molecule has 3 aliphatic rings. The van der Waals surface area contributed by atoms with Crippen LogP contribution in [0.1, 0.15) is 56.1 Å². The van der Waals surface area contributed by atoms with E-state index in [0.29, 0.717) is 5.41 Å². The van der Waals surface area contributed by atoms with E-state index in [1.165, 1.54) is 37.7 Å². The minimum Gasteiger partial charge on any atom is -0.497 e. The molecule has 0 saturated heterocycles. The molecule has 0 spiro atoms. The van der Waals surface area contributed by atoms with Crippen LogP contribution in [-0.4, -0.2) is 13.2 Å². The fourth-order valence-corrected chi connectivity index (χ4v) is 5.69. The van der Waals surface area contributed by atoms with Crippen molar-refractivity contribution in [3.63, 3.8) is 0 Å². The number of fused-ring (bicyclic) bond motifs is 5. The number of aryl methyl sites for hydroxylation is 1. The summed E-state index contributed by atoms with van der Waals surface area (Å²) in [5.41, 5.74) is 11.8. The van der Waals surface area contributed by atoms with E-state index in [1.54, 1.807) is 12.7 Å². The largest absolute Gasteiger partial charge is 0.497 e. The Hall–Kier alpha value is -1.02. The van der Waals surface area contributed by atoms with Crippen LogP contribution >= 0.6 is 0 Å². The Kier molecular flexibility index (Phi) is 3.08. The molecule has 2 saturated carbocycles. The van der Waals surface area contributed by atoms with Gasteiger partial charge in [0.25, 0.3) is 0 Å². The van der Waals surface area contributed by atoms with Crippen LogP contribution in [0.4, 0.5) is 0 Å². The molecule has 0 aliphatic heterocycles. The van der Waals surface area contributed by atoms with Gasteiger partial charge in [-0.25, -0.2) is 0 Å². The van der Waals surface area contributed by atoms with E-state index in [-0.39, 0.29) is 6.04 Å². The molecule has 2 nitrogen and oxygen atoms in total. The number of ether oxygens (including phenoxy) is 1. The summed E-state index contributed by atoms with van der Waals surface area (Å²) in [6.45, 7) is 2.40. The van der Waals surface area contributed by atoms with Gasteiger partial charge in [0.05, 0.1) is 7.11 Å². The van der Waals surface area contributed by atoms with Crippen molar-refractivity contribution < 1.29 is 4.74 Å². The molecule has 1 N–H and O–H groups in total. The van der Waals surface area contributed by atoms with Crippen molar-refractivity contribution in [2.75, 3.05) is 7.11 Å².